The molecule has 0 saturated heterocycles. The van der Waals surface area contributed by atoms with E-state index < -0.39 is 0 Å². The van der Waals surface area contributed by atoms with E-state index in [-0.39, 0.29) is 0 Å². The lowest BCUT2D eigenvalue weighted by atomic mass is 10.0. The fourth-order valence-corrected chi connectivity index (χ4v) is 2.39. The van der Waals surface area contributed by atoms with Crippen LogP contribution >= 0.6 is 15.9 Å². The molecule has 2 atom stereocenters. The van der Waals surface area contributed by atoms with E-state index in [2.05, 4.69) is 57.2 Å². The van der Waals surface area contributed by atoms with Gasteiger partial charge in [0.15, 0.2) is 18.4 Å². The highest BCUT2D eigenvalue weighted by Gasteiger charge is 2.25. The second kappa shape index (κ2) is 4.05. The lowest BCUT2D eigenvalue weighted by Crippen LogP contribution is -2.43. The Morgan fingerprint density at radius 1 is 1.15 bits per heavy atom. The van der Waals surface area contributed by atoms with Gasteiger partial charge in [-0.2, -0.15) is 4.57 Å². The maximum absolute atomic E-state index is 3.72. The minimum atomic E-state index is 0.481. The summed E-state index contributed by atoms with van der Waals surface area (Å²) in [5, 5.41) is 0. The predicted octanol–water partition coefficient (Wildman–Crippen LogP) is 2.63. The molecule has 0 N–H and O–H groups in total. The predicted molar refractivity (Wildman–Crippen MR) is 56.8 cm³/mol. The maximum Gasteiger partial charge on any atom is 0.189 e. The van der Waals surface area contributed by atoms with Crippen molar-refractivity contribution in [2.45, 2.75) is 23.7 Å². The van der Waals surface area contributed by atoms with Crippen molar-refractivity contribution in [3.8, 4) is 0 Å². The Morgan fingerprint density at radius 3 is 2.62 bits per heavy atom. The molecule has 0 unspecified atom stereocenters. The zero-order valence-corrected chi connectivity index (χ0v) is 9.02. The summed E-state index contributed by atoms with van der Waals surface area (Å²) in [5.41, 5.74) is 0. The van der Waals surface area contributed by atoms with E-state index in [9.17, 15) is 0 Å². The third kappa shape index (κ3) is 1.99. The Labute approximate surface area is 87.2 Å². The monoisotopic (exact) mass is 238 g/mol. The molecule has 1 aromatic heterocycles. The first kappa shape index (κ1) is 8.95. The van der Waals surface area contributed by atoms with Crippen LogP contribution in [0.25, 0.3) is 0 Å². The van der Waals surface area contributed by atoms with E-state index >= 15 is 0 Å². The number of hydrogen-bond acceptors (Lipinski definition) is 0. The van der Waals surface area contributed by atoms with Crippen LogP contribution in [0.4, 0.5) is 0 Å². The molecule has 1 aliphatic rings. The molecular weight excluding hydrogens is 226 g/mol. The highest BCUT2D eigenvalue weighted by Crippen LogP contribution is 2.24. The van der Waals surface area contributed by atoms with Gasteiger partial charge in [-0.25, -0.2) is 0 Å². The van der Waals surface area contributed by atoms with Gasteiger partial charge in [0.05, 0.1) is 4.83 Å². The Kier molecular flexibility index (Phi) is 2.79. The van der Waals surface area contributed by atoms with Crippen molar-refractivity contribution >= 4 is 15.9 Å². The zero-order valence-electron chi connectivity index (χ0n) is 7.44. The fourth-order valence-electron chi connectivity index (χ4n) is 1.68. The summed E-state index contributed by atoms with van der Waals surface area (Å²) in [6.45, 7) is 0. The van der Waals surface area contributed by atoms with Gasteiger partial charge in [-0.1, -0.05) is 28.1 Å². The van der Waals surface area contributed by atoms with Crippen molar-refractivity contribution in [1.82, 2.24) is 0 Å². The Hall–Kier alpha value is -0.630. The van der Waals surface area contributed by atoms with E-state index in [1.807, 2.05) is 6.07 Å². The van der Waals surface area contributed by atoms with Crippen LogP contribution in [0.2, 0.25) is 0 Å². The van der Waals surface area contributed by atoms with E-state index in [4.69, 9.17) is 0 Å². The van der Waals surface area contributed by atoms with Crippen molar-refractivity contribution in [3.63, 3.8) is 0 Å². The lowest BCUT2D eigenvalue weighted by Gasteiger charge is -2.17. The molecule has 0 spiro atoms. The molecule has 13 heavy (non-hydrogen) atoms. The number of aromatic nitrogens is 1. The molecule has 0 radical (unpaired) electrons. The molecule has 0 bridgehead atoms. The largest absolute Gasteiger partial charge is 0.198 e. The molecular formula is C11H13BrN+. The third-order valence-corrected chi connectivity index (χ3v) is 3.40. The molecule has 1 nitrogen and oxygen atoms in total. The average Bonchev–Trinajstić information content (AvgIpc) is 2.20. The van der Waals surface area contributed by atoms with E-state index in [1.54, 1.807) is 0 Å². The third-order valence-electron chi connectivity index (χ3n) is 2.40. The minimum absolute atomic E-state index is 0.481. The molecule has 0 aliphatic heterocycles. The van der Waals surface area contributed by atoms with Crippen LogP contribution in [0, 0.1) is 0 Å². The average molecular weight is 239 g/mol. The van der Waals surface area contributed by atoms with Crippen molar-refractivity contribution < 1.29 is 4.57 Å². The summed E-state index contributed by atoms with van der Waals surface area (Å²) >= 11 is 3.72. The molecule has 1 heterocycles. The first-order valence-corrected chi connectivity index (χ1v) is 5.56. The van der Waals surface area contributed by atoms with Gasteiger partial charge in [-0.3, -0.25) is 0 Å². The molecule has 0 saturated carbocycles. The van der Waals surface area contributed by atoms with Crippen LogP contribution < -0.4 is 4.57 Å². The van der Waals surface area contributed by atoms with Crippen LogP contribution in [0.5, 0.6) is 0 Å². The molecule has 0 aromatic carbocycles. The lowest BCUT2D eigenvalue weighted by molar-refractivity contribution is -0.711. The Morgan fingerprint density at radius 2 is 1.92 bits per heavy atom. The second-order valence-corrected chi connectivity index (χ2v) is 4.51. The van der Waals surface area contributed by atoms with Crippen LogP contribution in [0.15, 0.2) is 42.7 Å². The number of rotatable bonds is 1. The minimum Gasteiger partial charge on any atom is -0.198 e. The van der Waals surface area contributed by atoms with Gasteiger partial charge in [0, 0.05) is 12.1 Å². The van der Waals surface area contributed by atoms with Gasteiger partial charge in [-0.05, 0) is 18.9 Å². The summed E-state index contributed by atoms with van der Waals surface area (Å²) in [6.07, 6.45) is 11.2. The van der Waals surface area contributed by atoms with Crippen molar-refractivity contribution in [2.75, 3.05) is 0 Å². The topological polar surface area (TPSA) is 3.88 Å². The fraction of sp³-hybridized carbons (Fsp3) is 0.364. The molecule has 0 amide bonds. The number of hydrogen-bond donors (Lipinski definition) is 0. The highest BCUT2D eigenvalue weighted by atomic mass is 79.9. The number of allylic oxidation sites excluding steroid dienone is 2. The molecule has 0 fully saturated rings. The zero-order chi connectivity index (χ0) is 9.10. The number of alkyl halides is 1. The van der Waals surface area contributed by atoms with Gasteiger partial charge in [0.2, 0.25) is 0 Å². The van der Waals surface area contributed by atoms with Crippen molar-refractivity contribution in [1.29, 1.82) is 0 Å². The second-order valence-electron chi connectivity index (χ2n) is 3.33. The summed E-state index contributed by atoms with van der Waals surface area (Å²) in [4.78, 5) is 0.574. The van der Waals surface area contributed by atoms with E-state index in [1.165, 1.54) is 12.8 Å². The SMILES string of the molecule is Br[C@H]1CCC=C[C@@H]1[n+]1ccccc1. The molecule has 2 rings (SSSR count). The van der Waals surface area contributed by atoms with Crippen LogP contribution in [-0.2, 0) is 0 Å². The van der Waals surface area contributed by atoms with Crippen molar-refractivity contribution in [3.05, 3.63) is 42.7 Å². The quantitative estimate of drug-likeness (QED) is 0.403. The summed E-state index contributed by atoms with van der Waals surface area (Å²) in [6, 6.07) is 6.67. The van der Waals surface area contributed by atoms with Crippen molar-refractivity contribution in [2.24, 2.45) is 0 Å². The molecule has 2 heteroatoms. The smallest absolute Gasteiger partial charge is 0.189 e. The summed E-state index contributed by atoms with van der Waals surface area (Å²) in [7, 11) is 0. The molecule has 1 aliphatic carbocycles. The number of halogens is 1. The van der Waals surface area contributed by atoms with Gasteiger partial charge in [-0.15, -0.1) is 0 Å². The standard InChI is InChI=1S/C11H13BrN/c12-10-6-2-3-7-11(10)13-8-4-1-5-9-13/h1,3-5,7-11H,2,6H2/q+1/t10-,11-/m0/s1. The van der Waals surface area contributed by atoms with E-state index in [0.717, 1.165) is 0 Å². The normalized spacial score (nSPS) is 27.5. The molecule has 68 valence electrons. The van der Waals surface area contributed by atoms with Crippen LogP contribution in [0.3, 0.4) is 0 Å². The van der Waals surface area contributed by atoms with E-state index in [0.29, 0.717) is 10.9 Å². The van der Waals surface area contributed by atoms with Crippen LogP contribution in [0.1, 0.15) is 18.9 Å². The highest BCUT2D eigenvalue weighted by molar-refractivity contribution is 9.09. The van der Waals surface area contributed by atoms with Gasteiger partial charge < -0.3 is 0 Å². The number of pyridine rings is 1. The number of nitrogens with zero attached hydrogens (tertiary/aromatic N) is 1. The Bertz CT molecular complexity index is 294. The molecule has 1 aromatic rings. The summed E-state index contributed by atoms with van der Waals surface area (Å²) < 4.78 is 2.25. The Balaban J connectivity index is 2.25. The first-order valence-electron chi connectivity index (χ1n) is 4.64. The summed E-state index contributed by atoms with van der Waals surface area (Å²) in [5.74, 6) is 0. The van der Waals surface area contributed by atoms with Crippen LogP contribution in [-0.4, -0.2) is 4.83 Å². The van der Waals surface area contributed by atoms with Gasteiger partial charge in [0.1, 0.15) is 0 Å². The first-order chi connectivity index (χ1) is 6.38. The van der Waals surface area contributed by atoms with Gasteiger partial charge in [0.25, 0.3) is 0 Å². The maximum atomic E-state index is 3.72. The van der Waals surface area contributed by atoms with Gasteiger partial charge >= 0.3 is 0 Å².